The highest BCUT2D eigenvalue weighted by Crippen LogP contribution is 2.63. The van der Waals surface area contributed by atoms with Crippen LogP contribution in [0.3, 0.4) is 0 Å². The Hall–Kier alpha value is -0.380. The highest BCUT2D eigenvalue weighted by atomic mass is 79.9. The molecule has 0 saturated heterocycles. The predicted octanol–water partition coefficient (Wildman–Crippen LogP) is 4.12. The van der Waals surface area contributed by atoms with Crippen LogP contribution < -0.4 is 0 Å². The number of ketones is 1. The summed E-state index contributed by atoms with van der Waals surface area (Å²) in [4.78, 5) is 24.6. The molecule has 4 heteroatoms. The van der Waals surface area contributed by atoms with Gasteiger partial charge in [0.15, 0.2) is 0 Å². The summed E-state index contributed by atoms with van der Waals surface area (Å²) in [6.07, 6.45) is 4.33. The fourth-order valence-electron chi connectivity index (χ4n) is 4.97. The van der Waals surface area contributed by atoms with Crippen molar-refractivity contribution in [2.75, 3.05) is 7.11 Å². The first-order chi connectivity index (χ1) is 9.55. The Bertz CT molecular complexity index is 455. The lowest BCUT2D eigenvalue weighted by molar-refractivity contribution is -0.153. The van der Waals surface area contributed by atoms with Gasteiger partial charge in [-0.3, -0.25) is 9.59 Å². The normalized spacial score (nSPS) is 42.3. The summed E-state index contributed by atoms with van der Waals surface area (Å²) in [5, 5.41) is 0. The van der Waals surface area contributed by atoms with E-state index < -0.39 is 4.32 Å². The standard InChI is InChI=1S/C17H27BrO3/c1-15(2)7-6-8-16(3)11(15)9-13(19)17(4,18)12(16)10-14(20)21-5/h11-12H,6-10H2,1-5H3/t11?,12-,16+,17-/m1/s1. The number of ether oxygens (including phenoxy) is 1. The van der Waals surface area contributed by atoms with Crippen molar-refractivity contribution in [2.24, 2.45) is 22.7 Å². The van der Waals surface area contributed by atoms with Crippen LogP contribution in [0.2, 0.25) is 0 Å². The van der Waals surface area contributed by atoms with Crippen molar-refractivity contribution >= 4 is 27.7 Å². The van der Waals surface area contributed by atoms with E-state index >= 15 is 0 Å². The first-order valence-electron chi connectivity index (χ1n) is 7.85. The third kappa shape index (κ3) is 2.69. The molecule has 2 fully saturated rings. The van der Waals surface area contributed by atoms with E-state index in [4.69, 9.17) is 4.74 Å². The summed E-state index contributed by atoms with van der Waals surface area (Å²) in [7, 11) is 1.42. The van der Waals surface area contributed by atoms with Gasteiger partial charge < -0.3 is 4.74 Å². The van der Waals surface area contributed by atoms with Crippen LogP contribution in [-0.4, -0.2) is 23.2 Å². The fourth-order valence-corrected chi connectivity index (χ4v) is 5.81. The largest absolute Gasteiger partial charge is 0.469 e. The van der Waals surface area contributed by atoms with E-state index in [0.717, 1.165) is 19.3 Å². The van der Waals surface area contributed by atoms with Crippen LogP contribution in [0.5, 0.6) is 0 Å². The number of alkyl halides is 1. The van der Waals surface area contributed by atoms with Crippen LogP contribution in [-0.2, 0) is 14.3 Å². The molecule has 0 aromatic heterocycles. The van der Waals surface area contributed by atoms with Gasteiger partial charge >= 0.3 is 5.97 Å². The second-order valence-corrected chi connectivity index (χ2v) is 9.58. The van der Waals surface area contributed by atoms with Gasteiger partial charge in [-0.05, 0) is 42.4 Å². The average molecular weight is 359 g/mol. The first-order valence-corrected chi connectivity index (χ1v) is 8.64. The van der Waals surface area contributed by atoms with Gasteiger partial charge in [-0.15, -0.1) is 0 Å². The molecule has 0 aromatic carbocycles. The second kappa shape index (κ2) is 5.36. The molecule has 2 rings (SSSR count). The molecule has 0 spiro atoms. The minimum atomic E-state index is -0.625. The molecule has 0 bridgehead atoms. The quantitative estimate of drug-likeness (QED) is 0.550. The number of Topliss-reactive ketones (excluding diaryl/α,β-unsaturated/α-hetero) is 1. The second-order valence-electron chi connectivity index (χ2n) is 7.94. The maximum Gasteiger partial charge on any atom is 0.305 e. The van der Waals surface area contributed by atoms with Gasteiger partial charge in [0.25, 0.3) is 0 Å². The van der Waals surface area contributed by atoms with Crippen LogP contribution in [0.4, 0.5) is 0 Å². The van der Waals surface area contributed by atoms with E-state index in [0.29, 0.717) is 18.8 Å². The molecule has 0 amide bonds. The Balaban J connectivity index is 2.45. The molecule has 0 N–H and O–H groups in total. The molecule has 1 unspecified atom stereocenters. The minimum absolute atomic E-state index is 0.00208. The van der Waals surface area contributed by atoms with Crippen LogP contribution in [0, 0.1) is 22.7 Å². The zero-order valence-electron chi connectivity index (χ0n) is 13.8. The highest BCUT2D eigenvalue weighted by molar-refractivity contribution is 9.10. The molecule has 0 heterocycles. The van der Waals surface area contributed by atoms with E-state index in [1.54, 1.807) is 0 Å². The number of carbonyl (C=O) groups is 2. The molecule has 2 saturated carbocycles. The zero-order valence-corrected chi connectivity index (χ0v) is 15.4. The van der Waals surface area contributed by atoms with E-state index in [1.807, 2.05) is 6.92 Å². The number of hydrogen-bond donors (Lipinski definition) is 0. The highest BCUT2D eigenvalue weighted by Gasteiger charge is 2.61. The molecule has 2 aliphatic carbocycles. The summed E-state index contributed by atoms with van der Waals surface area (Å²) in [5.41, 5.74) is 0.155. The van der Waals surface area contributed by atoms with Gasteiger partial charge in [0.1, 0.15) is 5.78 Å². The molecule has 0 radical (unpaired) electrons. The van der Waals surface area contributed by atoms with Crippen molar-refractivity contribution in [3.05, 3.63) is 0 Å². The summed E-state index contributed by atoms with van der Waals surface area (Å²) in [6.45, 7) is 8.76. The summed E-state index contributed by atoms with van der Waals surface area (Å²) in [6, 6.07) is 0. The third-order valence-corrected chi connectivity index (χ3v) is 7.25. The van der Waals surface area contributed by atoms with Crippen LogP contribution in [0.25, 0.3) is 0 Å². The number of fused-ring (bicyclic) bond motifs is 1. The molecule has 0 aliphatic heterocycles. The third-order valence-electron chi connectivity index (χ3n) is 6.26. The Morgan fingerprint density at radius 1 is 1.29 bits per heavy atom. The number of rotatable bonds is 2. The smallest absolute Gasteiger partial charge is 0.305 e. The molecular weight excluding hydrogens is 332 g/mol. The number of hydrogen-bond acceptors (Lipinski definition) is 3. The SMILES string of the molecule is COC(=O)C[C@H]1[C@@](C)(Br)C(=O)CC2C(C)(C)CCC[C@@]21C. The van der Waals surface area contributed by atoms with Crippen molar-refractivity contribution < 1.29 is 14.3 Å². The number of esters is 1. The Kier molecular flexibility index (Phi) is 4.34. The number of halogens is 1. The average Bonchev–Trinajstić information content (AvgIpc) is 2.37. The van der Waals surface area contributed by atoms with Crippen LogP contribution in [0.15, 0.2) is 0 Å². The lowest BCUT2D eigenvalue weighted by atomic mass is 9.46. The monoisotopic (exact) mass is 358 g/mol. The van der Waals surface area contributed by atoms with Crippen LogP contribution in [0.1, 0.15) is 59.8 Å². The van der Waals surface area contributed by atoms with Crippen LogP contribution >= 0.6 is 15.9 Å². The Labute approximate surface area is 136 Å². The molecule has 120 valence electrons. The van der Waals surface area contributed by atoms with E-state index in [-0.39, 0.29) is 28.5 Å². The number of carbonyl (C=O) groups excluding carboxylic acids is 2. The van der Waals surface area contributed by atoms with E-state index in [2.05, 4.69) is 36.7 Å². The topological polar surface area (TPSA) is 43.4 Å². The lowest BCUT2D eigenvalue weighted by Gasteiger charge is -2.60. The fraction of sp³-hybridized carbons (Fsp3) is 0.882. The van der Waals surface area contributed by atoms with Crippen molar-refractivity contribution in [3.63, 3.8) is 0 Å². The van der Waals surface area contributed by atoms with Crippen molar-refractivity contribution in [2.45, 2.75) is 64.1 Å². The molecule has 0 aromatic rings. The number of methoxy groups -OCH3 is 1. The molecule has 21 heavy (non-hydrogen) atoms. The summed E-state index contributed by atoms with van der Waals surface area (Å²) >= 11 is 3.66. The van der Waals surface area contributed by atoms with Gasteiger partial charge in [0, 0.05) is 6.42 Å². The molecule has 4 atom stereocenters. The van der Waals surface area contributed by atoms with E-state index in [1.165, 1.54) is 7.11 Å². The minimum Gasteiger partial charge on any atom is -0.469 e. The first kappa shape index (κ1) is 17.0. The molecular formula is C17H27BrO3. The van der Waals surface area contributed by atoms with Gasteiger partial charge in [0.2, 0.25) is 0 Å². The predicted molar refractivity (Wildman–Crippen MR) is 86.3 cm³/mol. The van der Waals surface area contributed by atoms with Crippen molar-refractivity contribution in [1.82, 2.24) is 0 Å². The summed E-state index contributed by atoms with van der Waals surface area (Å²) in [5.74, 6) is 0.340. The van der Waals surface area contributed by atoms with Gasteiger partial charge in [-0.2, -0.15) is 0 Å². The molecule has 2 aliphatic rings. The van der Waals surface area contributed by atoms with E-state index in [9.17, 15) is 9.59 Å². The maximum atomic E-state index is 12.7. The van der Waals surface area contributed by atoms with Crippen molar-refractivity contribution in [3.8, 4) is 0 Å². The Morgan fingerprint density at radius 2 is 1.90 bits per heavy atom. The van der Waals surface area contributed by atoms with Gasteiger partial charge in [-0.1, -0.05) is 43.1 Å². The molecule has 3 nitrogen and oxygen atoms in total. The van der Waals surface area contributed by atoms with Crippen molar-refractivity contribution in [1.29, 1.82) is 0 Å². The van der Waals surface area contributed by atoms with Gasteiger partial charge in [-0.25, -0.2) is 0 Å². The van der Waals surface area contributed by atoms with Gasteiger partial charge in [0.05, 0.1) is 17.9 Å². The maximum absolute atomic E-state index is 12.7. The Morgan fingerprint density at radius 3 is 2.48 bits per heavy atom. The summed E-state index contributed by atoms with van der Waals surface area (Å²) < 4.78 is 4.26. The zero-order chi connectivity index (χ0) is 16.1. The lowest BCUT2D eigenvalue weighted by Crippen LogP contribution is -2.59.